The van der Waals surface area contributed by atoms with Crippen LogP contribution in [0.3, 0.4) is 0 Å². The lowest BCUT2D eigenvalue weighted by Gasteiger charge is -2.30. The van der Waals surface area contributed by atoms with Gasteiger partial charge in [0.2, 0.25) is 0 Å². The first-order valence-corrected chi connectivity index (χ1v) is 7.18. The normalized spacial score (nSPS) is 20.8. The van der Waals surface area contributed by atoms with Gasteiger partial charge in [0.05, 0.1) is 5.60 Å². The Labute approximate surface area is 117 Å². The first-order valence-electron chi connectivity index (χ1n) is 7.18. The van der Waals surface area contributed by atoms with E-state index in [9.17, 15) is 14.6 Å². The molecule has 1 heterocycles. The number of benzene rings is 1. The lowest BCUT2D eigenvalue weighted by Crippen LogP contribution is -2.35. The summed E-state index contributed by atoms with van der Waals surface area (Å²) >= 11 is 0. The molecule has 1 saturated carbocycles. The molecule has 2 aromatic rings. The Morgan fingerprint density at radius 1 is 1.15 bits per heavy atom. The molecule has 1 aliphatic carbocycles. The highest BCUT2D eigenvalue weighted by Gasteiger charge is 2.38. The van der Waals surface area contributed by atoms with Gasteiger partial charge in [-0.1, -0.05) is 37.8 Å². The van der Waals surface area contributed by atoms with Gasteiger partial charge in [0.1, 0.15) is 11.9 Å². The summed E-state index contributed by atoms with van der Waals surface area (Å²) in [7, 11) is 0. The van der Waals surface area contributed by atoms with Gasteiger partial charge >= 0.3 is 0 Å². The van der Waals surface area contributed by atoms with Crippen molar-refractivity contribution in [3.8, 4) is 0 Å². The van der Waals surface area contributed by atoms with Crippen LogP contribution in [-0.2, 0) is 0 Å². The number of aliphatic hydroxyl groups is 2. The molecule has 1 unspecified atom stereocenters. The van der Waals surface area contributed by atoms with Crippen LogP contribution in [0, 0.1) is 5.82 Å². The molecule has 1 aromatic heterocycles. The summed E-state index contributed by atoms with van der Waals surface area (Å²) in [6.45, 7) is 0. The van der Waals surface area contributed by atoms with Gasteiger partial charge in [0.15, 0.2) is 11.4 Å². The smallest absolute Gasteiger partial charge is 0.170 e. The van der Waals surface area contributed by atoms with Crippen molar-refractivity contribution in [2.45, 2.75) is 50.2 Å². The van der Waals surface area contributed by atoms with E-state index in [0.29, 0.717) is 18.2 Å². The standard InChI is InChI=1S/C16H19FO3/c17-12-7-5-6-11-10-13(20-14(11)12)15(18)16(19)8-3-1-2-4-9-16/h5-7,10,15,18-19H,1-4,8-9H2. The second-order valence-electron chi connectivity index (χ2n) is 5.73. The van der Waals surface area contributed by atoms with Crippen LogP contribution >= 0.6 is 0 Å². The van der Waals surface area contributed by atoms with Crippen LogP contribution in [0.1, 0.15) is 50.4 Å². The van der Waals surface area contributed by atoms with E-state index in [0.717, 1.165) is 25.7 Å². The number of hydrogen-bond donors (Lipinski definition) is 2. The Kier molecular flexibility index (Phi) is 3.52. The van der Waals surface area contributed by atoms with E-state index < -0.39 is 17.5 Å². The first-order chi connectivity index (χ1) is 9.60. The fourth-order valence-electron chi connectivity index (χ4n) is 3.06. The Morgan fingerprint density at radius 3 is 2.50 bits per heavy atom. The van der Waals surface area contributed by atoms with E-state index in [-0.39, 0.29) is 11.3 Å². The van der Waals surface area contributed by atoms with Crippen LogP contribution in [0.2, 0.25) is 0 Å². The molecule has 1 aliphatic rings. The summed E-state index contributed by atoms with van der Waals surface area (Å²) in [4.78, 5) is 0. The number of fused-ring (bicyclic) bond motifs is 1. The largest absolute Gasteiger partial charge is 0.455 e. The van der Waals surface area contributed by atoms with Crippen LogP contribution in [0.5, 0.6) is 0 Å². The summed E-state index contributed by atoms with van der Waals surface area (Å²) in [5, 5.41) is 21.7. The molecular weight excluding hydrogens is 259 g/mol. The average Bonchev–Trinajstić information content (AvgIpc) is 2.75. The molecule has 2 N–H and O–H groups in total. The molecule has 0 saturated heterocycles. The van der Waals surface area contributed by atoms with Gasteiger partial charge in [-0.25, -0.2) is 4.39 Å². The fourth-order valence-corrected chi connectivity index (χ4v) is 3.06. The molecule has 1 fully saturated rings. The zero-order chi connectivity index (χ0) is 14.2. The van der Waals surface area contributed by atoms with Gasteiger partial charge in [-0.3, -0.25) is 0 Å². The first kappa shape index (κ1) is 13.6. The van der Waals surface area contributed by atoms with Crippen LogP contribution in [-0.4, -0.2) is 15.8 Å². The highest BCUT2D eigenvalue weighted by Crippen LogP contribution is 2.39. The Balaban J connectivity index is 1.95. The minimum atomic E-state index is -1.17. The predicted octanol–water partition coefficient (Wildman–Crippen LogP) is 3.69. The SMILES string of the molecule is OC(c1cc2cccc(F)c2o1)C1(O)CCCCCC1. The minimum absolute atomic E-state index is 0.138. The lowest BCUT2D eigenvalue weighted by atomic mass is 9.87. The van der Waals surface area contributed by atoms with E-state index >= 15 is 0 Å². The third-order valence-corrected chi connectivity index (χ3v) is 4.26. The number of furan rings is 1. The van der Waals surface area contributed by atoms with Crippen molar-refractivity contribution in [1.82, 2.24) is 0 Å². The van der Waals surface area contributed by atoms with Crippen molar-refractivity contribution >= 4 is 11.0 Å². The second-order valence-corrected chi connectivity index (χ2v) is 5.73. The highest BCUT2D eigenvalue weighted by molar-refractivity contribution is 5.78. The number of hydrogen-bond acceptors (Lipinski definition) is 3. The Hall–Kier alpha value is -1.39. The van der Waals surface area contributed by atoms with E-state index in [4.69, 9.17) is 4.42 Å². The number of rotatable bonds is 2. The summed E-state index contributed by atoms with van der Waals surface area (Å²) in [6.07, 6.45) is 3.92. The predicted molar refractivity (Wildman–Crippen MR) is 73.8 cm³/mol. The average molecular weight is 278 g/mol. The molecule has 0 spiro atoms. The second kappa shape index (κ2) is 5.19. The van der Waals surface area contributed by atoms with Gasteiger partial charge < -0.3 is 14.6 Å². The van der Waals surface area contributed by atoms with E-state index in [2.05, 4.69) is 0 Å². The highest BCUT2D eigenvalue weighted by atomic mass is 19.1. The fraction of sp³-hybridized carbons (Fsp3) is 0.500. The summed E-state index contributed by atoms with van der Waals surface area (Å²) < 4.78 is 19.1. The number of halogens is 1. The third-order valence-electron chi connectivity index (χ3n) is 4.26. The molecular formula is C16H19FO3. The maximum Gasteiger partial charge on any atom is 0.170 e. The summed E-state index contributed by atoms with van der Waals surface area (Å²) in [5.74, 6) is -0.205. The molecule has 1 aromatic carbocycles. The van der Waals surface area contributed by atoms with Gasteiger partial charge in [-0.05, 0) is 25.0 Å². The molecule has 108 valence electrons. The number of aliphatic hydroxyl groups excluding tert-OH is 1. The summed E-state index contributed by atoms with van der Waals surface area (Å²) in [5.41, 5.74) is -1.03. The summed E-state index contributed by atoms with van der Waals surface area (Å²) in [6, 6.07) is 6.27. The maximum absolute atomic E-state index is 13.6. The Morgan fingerprint density at radius 2 is 1.85 bits per heavy atom. The van der Waals surface area contributed by atoms with Gasteiger partial charge in [-0.15, -0.1) is 0 Å². The molecule has 0 aliphatic heterocycles. The minimum Gasteiger partial charge on any atom is -0.455 e. The molecule has 0 radical (unpaired) electrons. The van der Waals surface area contributed by atoms with Crippen molar-refractivity contribution < 1.29 is 19.0 Å². The van der Waals surface area contributed by atoms with Crippen LogP contribution in [0.4, 0.5) is 4.39 Å². The molecule has 4 heteroatoms. The maximum atomic E-state index is 13.6. The number of para-hydroxylation sites is 1. The van der Waals surface area contributed by atoms with Crippen molar-refractivity contribution in [2.75, 3.05) is 0 Å². The quantitative estimate of drug-likeness (QED) is 0.824. The third kappa shape index (κ3) is 2.34. The van der Waals surface area contributed by atoms with Gasteiger partial charge in [0, 0.05) is 5.39 Å². The van der Waals surface area contributed by atoms with Crippen molar-refractivity contribution in [1.29, 1.82) is 0 Å². The molecule has 3 nitrogen and oxygen atoms in total. The zero-order valence-electron chi connectivity index (χ0n) is 11.3. The van der Waals surface area contributed by atoms with Crippen molar-refractivity contribution in [2.24, 2.45) is 0 Å². The van der Waals surface area contributed by atoms with Crippen LogP contribution in [0.25, 0.3) is 11.0 Å². The molecule has 0 bridgehead atoms. The van der Waals surface area contributed by atoms with Gasteiger partial charge in [-0.2, -0.15) is 0 Å². The van der Waals surface area contributed by atoms with Gasteiger partial charge in [0.25, 0.3) is 0 Å². The van der Waals surface area contributed by atoms with Crippen LogP contribution in [0.15, 0.2) is 28.7 Å². The molecule has 0 amide bonds. The van der Waals surface area contributed by atoms with Crippen molar-refractivity contribution in [3.63, 3.8) is 0 Å². The Bertz CT molecular complexity index is 597. The topological polar surface area (TPSA) is 53.6 Å². The van der Waals surface area contributed by atoms with E-state index in [1.807, 2.05) is 0 Å². The lowest BCUT2D eigenvalue weighted by molar-refractivity contribution is -0.0943. The van der Waals surface area contributed by atoms with E-state index in [1.165, 1.54) is 6.07 Å². The molecule has 1 atom stereocenters. The molecule has 20 heavy (non-hydrogen) atoms. The van der Waals surface area contributed by atoms with E-state index in [1.54, 1.807) is 18.2 Å². The monoisotopic (exact) mass is 278 g/mol. The zero-order valence-corrected chi connectivity index (χ0v) is 11.3. The molecule has 3 rings (SSSR count). The van der Waals surface area contributed by atoms with Crippen molar-refractivity contribution in [3.05, 3.63) is 35.8 Å². The van der Waals surface area contributed by atoms with Crippen LogP contribution < -0.4 is 0 Å².